The third kappa shape index (κ3) is 3.57. The molecule has 0 aliphatic heterocycles. The second-order valence-corrected chi connectivity index (χ2v) is 4.37. The number of aryl methyl sites for hydroxylation is 1. The summed E-state index contributed by atoms with van der Waals surface area (Å²) in [4.78, 5) is 11.4. The zero-order chi connectivity index (χ0) is 13.7. The van der Waals surface area contributed by atoms with Crippen LogP contribution in [0.15, 0.2) is 28.4 Å². The highest BCUT2D eigenvalue weighted by Crippen LogP contribution is 2.24. The van der Waals surface area contributed by atoms with Gasteiger partial charge in [-0.15, -0.1) is 0 Å². The third-order valence-corrected chi connectivity index (χ3v) is 3.07. The minimum absolute atomic E-state index is 0.0775. The molecule has 0 radical (unpaired) electrons. The predicted octanol–water partition coefficient (Wildman–Crippen LogP) is 3.70. The molecule has 3 nitrogen and oxygen atoms in total. The van der Waals surface area contributed by atoms with Gasteiger partial charge in [-0.2, -0.15) is 0 Å². The van der Waals surface area contributed by atoms with Crippen molar-refractivity contribution in [1.29, 1.82) is 0 Å². The Hall–Kier alpha value is -1.36. The number of rotatable bonds is 4. The van der Waals surface area contributed by atoms with Crippen LogP contribution >= 0.6 is 15.9 Å². The van der Waals surface area contributed by atoms with E-state index in [1.807, 2.05) is 0 Å². The zero-order valence-corrected chi connectivity index (χ0v) is 12.0. The van der Waals surface area contributed by atoms with Crippen molar-refractivity contribution >= 4 is 21.9 Å². The zero-order valence-electron chi connectivity index (χ0n) is 10.4. The summed E-state index contributed by atoms with van der Waals surface area (Å²) in [6.07, 6.45) is 0. The van der Waals surface area contributed by atoms with Gasteiger partial charge < -0.3 is 9.47 Å². The molecule has 0 bridgehead atoms. The Bertz CT molecular complexity index is 483. The number of ether oxygens (including phenoxy) is 2. The number of carbonyl (C=O) groups is 1. The SMILES string of the molecule is CCOC(=O)/C(Br)=C(/C)Oc1cccc(C)c1F. The minimum atomic E-state index is -0.539. The van der Waals surface area contributed by atoms with Gasteiger partial charge in [-0.3, -0.25) is 0 Å². The number of benzene rings is 1. The first-order valence-electron chi connectivity index (χ1n) is 5.43. The van der Waals surface area contributed by atoms with Crippen molar-refractivity contribution in [2.45, 2.75) is 20.8 Å². The Labute approximate surface area is 114 Å². The molecule has 0 aromatic heterocycles. The van der Waals surface area contributed by atoms with Crippen LogP contribution < -0.4 is 4.74 Å². The van der Waals surface area contributed by atoms with E-state index in [0.29, 0.717) is 5.56 Å². The highest BCUT2D eigenvalue weighted by Gasteiger charge is 2.14. The normalized spacial score (nSPS) is 11.8. The lowest BCUT2D eigenvalue weighted by molar-refractivity contribution is -0.137. The summed E-state index contributed by atoms with van der Waals surface area (Å²) in [7, 11) is 0. The molecule has 18 heavy (non-hydrogen) atoms. The lowest BCUT2D eigenvalue weighted by Crippen LogP contribution is -2.08. The van der Waals surface area contributed by atoms with Gasteiger partial charge in [0.25, 0.3) is 0 Å². The summed E-state index contributed by atoms with van der Waals surface area (Å²) in [6.45, 7) is 5.17. The van der Waals surface area contributed by atoms with E-state index >= 15 is 0 Å². The molecule has 0 amide bonds. The number of allylic oxidation sites excluding steroid dienone is 1. The van der Waals surface area contributed by atoms with Crippen LogP contribution in [0.25, 0.3) is 0 Å². The number of esters is 1. The van der Waals surface area contributed by atoms with Crippen molar-refractivity contribution in [3.8, 4) is 5.75 Å². The quantitative estimate of drug-likeness (QED) is 0.482. The van der Waals surface area contributed by atoms with E-state index in [4.69, 9.17) is 9.47 Å². The second-order valence-electron chi connectivity index (χ2n) is 3.58. The van der Waals surface area contributed by atoms with Crippen molar-refractivity contribution in [2.24, 2.45) is 0 Å². The van der Waals surface area contributed by atoms with E-state index in [9.17, 15) is 9.18 Å². The van der Waals surface area contributed by atoms with E-state index < -0.39 is 11.8 Å². The summed E-state index contributed by atoms with van der Waals surface area (Å²) in [6, 6.07) is 4.82. The van der Waals surface area contributed by atoms with E-state index in [1.165, 1.54) is 6.07 Å². The van der Waals surface area contributed by atoms with Gasteiger partial charge in [-0.05, 0) is 48.3 Å². The maximum absolute atomic E-state index is 13.7. The Morgan fingerprint density at radius 2 is 2.11 bits per heavy atom. The molecule has 0 atom stereocenters. The lowest BCUT2D eigenvalue weighted by Gasteiger charge is -2.10. The van der Waals surface area contributed by atoms with Crippen LogP contribution in [-0.4, -0.2) is 12.6 Å². The fourth-order valence-electron chi connectivity index (χ4n) is 1.25. The summed E-state index contributed by atoms with van der Waals surface area (Å²) in [5, 5.41) is 0. The highest BCUT2D eigenvalue weighted by molar-refractivity contribution is 9.12. The van der Waals surface area contributed by atoms with E-state index in [2.05, 4.69) is 15.9 Å². The molecule has 0 unspecified atom stereocenters. The average molecular weight is 317 g/mol. The van der Waals surface area contributed by atoms with E-state index in [0.717, 1.165) is 0 Å². The topological polar surface area (TPSA) is 35.5 Å². The van der Waals surface area contributed by atoms with Gasteiger partial charge in [-0.1, -0.05) is 12.1 Å². The van der Waals surface area contributed by atoms with Crippen LogP contribution in [-0.2, 0) is 9.53 Å². The number of halogens is 2. The number of hydrogen-bond acceptors (Lipinski definition) is 3. The average Bonchev–Trinajstić information content (AvgIpc) is 2.34. The van der Waals surface area contributed by atoms with Gasteiger partial charge in [0, 0.05) is 0 Å². The maximum atomic E-state index is 13.7. The van der Waals surface area contributed by atoms with Gasteiger partial charge in [0.05, 0.1) is 6.61 Å². The fourth-order valence-corrected chi connectivity index (χ4v) is 1.44. The van der Waals surface area contributed by atoms with Gasteiger partial charge in [0.15, 0.2) is 11.6 Å². The molecular formula is C13H14BrFO3. The number of carbonyl (C=O) groups excluding carboxylic acids is 1. The molecule has 1 aromatic carbocycles. The maximum Gasteiger partial charge on any atom is 0.348 e. The minimum Gasteiger partial charge on any atom is -0.462 e. The van der Waals surface area contributed by atoms with E-state index in [1.54, 1.807) is 32.9 Å². The highest BCUT2D eigenvalue weighted by atomic mass is 79.9. The molecule has 0 spiro atoms. The Balaban J connectivity index is 2.93. The molecule has 0 saturated heterocycles. The standard InChI is InChI=1S/C13H14BrFO3/c1-4-17-13(16)11(14)9(3)18-10-7-5-6-8(2)12(10)15/h5-7H,4H2,1-3H3/b11-9+. The first-order chi connectivity index (χ1) is 8.47. The summed E-state index contributed by atoms with van der Waals surface area (Å²) >= 11 is 3.07. The third-order valence-electron chi connectivity index (χ3n) is 2.18. The van der Waals surface area contributed by atoms with Crippen LogP contribution in [0.5, 0.6) is 5.75 Å². The fraction of sp³-hybridized carbons (Fsp3) is 0.308. The van der Waals surface area contributed by atoms with Gasteiger partial charge >= 0.3 is 5.97 Å². The predicted molar refractivity (Wildman–Crippen MR) is 70.0 cm³/mol. The Morgan fingerprint density at radius 1 is 1.44 bits per heavy atom. The van der Waals surface area contributed by atoms with Gasteiger partial charge in [0.1, 0.15) is 10.2 Å². The molecule has 0 aliphatic carbocycles. The smallest absolute Gasteiger partial charge is 0.348 e. The largest absolute Gasteiger partial charge is 0.462 e. The molecule has 0 aliphatic rings. The summed E-state index contributed by atoms with van der Waals surface area (Å²) in [5.74, 6) is -0.657. The van der Waals surface area contributed by atoms with Crippen LogP contribution in [0.4, 0.5) is 4.39 Å². The molecule has 5 heteroatoms. The van der Waals surface area contributed by atoms with Crippen LogP contribution in [0, 0.1) is 12.7 Å². The van der Waals surface area contributed by atoms with Crippen molar-refractivity contribution in [1.82, 2.24) is 0 Å². The molecule has 98 valence electrons. The van der Waals surface area contributed by atoms with Gasteiger partial charge in [-0.25, -0.2) is 9.18 Å². The van der Waals surface area contributed by atoms with Crippen molar-refractivity contribution in [3.63, 3.8) is 0 Å². The van der Waals surface area contributed by atoms with Crippen molar-refractivity contribution in [3.05, 3.63) is 39.8 Å². The molecule has 1 aromatic rings. The van der Waals surface area contributed by atoms with Crippen molar-refractivity contribution in [2.75, 3.05) is 6.61 Å². The molecular weight excluding hydrogens is 303 g/mol. The molecule has 1 rings (SSSR count). The van der Waals surface area contributed by atoms with Crippen molar-refractivity contribution < 1.29 is 18.7 Å². The first-order valence-corrected chi connectivity index (χ1v) is 6.23. The Kier molecular flexibility index (Phi) is 5.34. The van der Waals surface area contributed by atoms with E-state index in [-0.39, 0.29) is 22.6 Å². The monoisotopic (exact) mass is 316 g/mol. The molecule has 0 N–H and O–H groups in total. The molecule has 0 saturated carbocycles. The molecule has 0 heterocycles. The van der Waals surface area contributed by atoms with Gasteiger partial charge in [0.2, 0.25) is 0 Å². The van der Waals surface area contributed by atoms with Crippen LogP contribution in [0.1, 0.15) is 19.4 Å². The molecule has 0 fully saturated rings. The first kappa shape index (κ1) is 14.7. The Morgan fingerprint density at radius 3 is 2.72 bits per heavy atom. The summed E-state index contributed by atoms with van der Waals surface area (Å²) < 4.78 is 24.0. The van der Waals surface area contributed by atoms with Crippen LogP contribution in [0.2, 0.25) is 0 Å². The van der Waals surface area contributed by atoms with Crippen LogP contribution in [0.3, 0.4) is 0 Å². The lowest BCUT2D eigenvalue weighted by atomic mass is 10.2. The number of hydrogen-bond donors (Lipinski definition) is 0. The summed E-state index contributed by atoms with van der Waals surface area (Å²) in [5.41, 5.74) is 0.479. The second kappa shape index (κ2) is 6.54.